The number of hydrogen-bond donors (Lipinski definition) is 2. The molecular formula is C25H28F6N2O6. The van der Waals surface area contributed by atoms with Crippen LogP contribution in [0.4, 0.5) is 26.3 Å². The molecule has 2 saturated heterocycles. The van der Waals surface area contributed by atoms with Crippen LogP contribution in [0.1, 0.15) is 23.1 Å². The van der Waals surface area contributed by atoms with Crippen molar-refractivity contribution < 1.29 is 55.6 Å². The molecule has 0 saturated carbocycles. The Balaban J connectivity index is 0.000000317. The predicted molar refractivity (Wildman–Crippen MR) is 125 cm³/mol. The van der Waals surface area contributed by atoms with E-state index in [0.717, 1.165) is 39.3 Å². The molecule has 1 aromatic carbocycles. The molecule has 0 aliphatic carbocycles. The van der Waals surface area contributed by atoms with E-state index in [1.165, 1.54) is 16.7 Å². The number of rotatable bonds is 6. The quantitative estimate of drug-likeness (QED) is 0.494. The maximum Gasteiger partial charge on any atom is 0.490 e. The van der Waals surface area contributed by atoms with Gasteiger partial charge >= 0.3 is 24.3 Å². The third-order valence-corrected chi connectivity index (χ3v) is 5.93. The van der Waals surface area contributed by atoms with Gasteiger partial charge in [0, 0.05) is 44.6 Å². The molecule has 0 amide bonds. The van der Waals surface area contributed by atoms with E-state index in [0.29, 0.717) is 12.5 Å². The Kier molecular flexibility index (Phi) is 11.2. The van der Waals surface area contributed by atoms with Gasteiger partial charge in [0.2, 0.25) is 0 Å². The standard InChI is InChI=1S/C21H26N2O2.2C2HF3O2/c1-17-2-4-18(5-3-17)12-23-15-21(16-23)20(8-11-25-21)14-24-13-19-6-9-22-10-7-19;2*3-2(4,5)1(6)7/h2-7,9-10,20H,8,11-16H2,1H3;2*(H,6,7). The van der Waals surface area contributed by atoms with Crippen molar-refractivity contribution in [3.05, 3.63) is 65.5 Å². The molecule has 8 nitrogen and oxygen atoms in total. The number of nitrogens with zero attached hydrogens (tertiary/aromatic N) is 2. The van der Waals surface area contributed by atoms with E-state index in [4.69, 9.17) is 29.3 Å². The molecule has 2 aliphatic rings. The molecule has 0 radical (unpaired) electrons. The Bertz CT molecular complexity index is 1030. The minimum Gasteiger partial charge on any atom is -0.475 e. The monoisotopic (exact) mass is 566 g/mol. The number of carboxylic acid groups (broad SMARTS) is 2. The summed E-state index contributed by atoms with van der Waals surface area (Å²) < 4.78 is 75.6. The molecule has 14 heteroatoms. The van der Waals surface area contributed by atoms with Crippen molar-refractivity contribution in [2.45, 2.75) is 44.4 Å². The van der Waals surface area contributed by atoms with Gasteiger partial charge in [-0.05, 0) is 36.6 Å². The average Bonchev–Trinajstić information content (AvgIpc) is 3.24. The van der Waals surface area contributed by atoms with Gasteiger partial charge in [-0.2, -0.15) is 26.3 Å². The molecule has 4 rings (SSSR count). The lowest BCUT2D eigenvalue weighted by molar-refractivity contribution is -0.193. The van der Waals surface area contributed by atoms with Crippen LogP contribution in [0.25, 0.3) is 0 Å². The smallest absolute Gasteiger partial charge is 0.475 e. The van der Waals surface area contributed by atoms with Crippen LogP contribution in [0.15, 0.2) is 48.8 Å². The summed E-state index contributed by atoms with van der Waals surface area (Å²) in [7, 11) is 0. The van der Waals surface area contributed by atoms with Crippen molar-refractivity contribution in [3.63, 3.8) is 0 Å². The summed E-state index contributed by atoms with van der Waals surface area (Å²) in [5.74, 6) is -5.01. The van der Waals surface area contributed by atoms with Gasteiger partial charge in [0.15, 0.2) is 0 Å². The van der Waals surface area contributed by atoms with Crippen LogP contribution >= 0.6 is 0 Å². The summed E-state index contributed by atoms with van der Waals surface area (Å²) in [6, 6.07) is 12.8. The third kappa shape index (κ3) is 10.5. The highest BCUT2D eigenvalue weighted by molar-refractivity contribution is 5.73. The first-order valence-corrected chi connectivity index (χ1v) is 11.6. The first-order valence-electron chi connectivity index (χ1n) is 11.6. The zero-order valence-electron chi connectivity index (χ0n) is 20.8. The van der Waals surface area contributed by atoms with Gasteiger partial charge in [-0.15, -0.1) is 0 Å². The van der Waals surface area contributed by atoms with Crippen molar-refractivity contribution in [1.82, 2.24) is 9.88 Å². The maximum atomic E-state index is 10.6. The van der Waals surface area contributed by atoms with Gasteiger partial charge in [0.1, 0.15) is 0 Å². The lowest BCUT2D eigenvalue weighted by atomic mass is 9.81. The number of aromatic nitrogens is 1. The molecule has 1 spiro atoms. The Labute approximate surface area is 220 Å². The number of likely N-dealkylation sites (tertiary alicyclic amines) is 1. The van der Waals surface area contributed by atoms with Crippen molar-refractivity contribution >= 4 is 11.9 Å². The van der Waals surface area contributed by atoms with Crippen LogP contribution in [0.2, 0.25) is 0 Å². The summed E-state index contributed by atoms with van der Waals surface area (Å²) >= 11 is 0. The second-order valence-electron chi connectivity index (χ2n) is 9.01. The molecule has 2 fully saturated rings. The Morgan fingerprint density at radius 3 is 1.97 bits per heavy atom. The number of carbonyl (C=O) groups is 2. The fraction of sp³-hybridized carbons (Fsp3) is 0.480. The van der Waals surface area contributed by atoms with Crippen LogP contribution < -0.4 is 0 Å². The van der Waals surface area contributed by atoms with Gasteiger partial charge in [-0.1, -0.05) is 29.8 Å². The van der Waals surface area contributed by atoms with E-state index in [-0.39, 0.29) is 5.60 Å². The normalized spacial score (nSPS) is 18.3. The Hall–Kier alpha value is -3.23. The van der Waals surface area contributed by atoms with Gasteiger partial charge in [0.05, 0.1) is 18.8 Å². The van der Waals surface area contributed by atoms with Crippen molar-refractivity contribution in [2.75, 3.05) is 26.3 Å². The molecule has 2 aromatic rings. The Morgan fingerprint density at radius 1 is 0.974 bits per heavy atom. The van der Waals surface area contributed by atoms with Crippen LogP contribution in [0.5, 0.6) is 0 Å². The number of benzene rings is 1. The highest BCUT2D eigenvalue weighted by Crippen LogP contribution is 2.40. The number of hydrogen-bond acceptors (Lipinski definition) is 6. The van der Waals surface area contributed by atoms with Crippen molar-refractivity contribution in [1.29, 1.82) is 0 Å². The van der Waals surface area contributed by atoms with E-state index in [9.17, 15) is 26.3 Å². The third-order valence-electron chi connectivity index (χ3n) is 5.93. The van der Waals surface area contributed by atoms with E-state index in [1.54, 1.807) is 0 Å². The molecule has 39 heavy (non-hydrogen) atoms. The molecule has 216 valence electrons. The average molecular weight is 566 g/mol. The number of carboxylic acids is 2. The summed E-state index contributed by atoms with van der Waals surface area (Å²) in [5.41, 5.74) is 3.89. The lowest BCUT2D eigenvalue weighted by Crippen LogP contribution is -2.64. The number of aliphatic carboxylic acids is 2. The topological polar surface area (TPSA) is 109 Å². The van der Waals surface area contributed by atoms with Crippen LogP contribution in [0, 0.1) is 12.8 Å². The molecule has 0 bridgehead atoms. The van der Waals surface area contributed by atoms with E-state index in [1.807, 2.05) is 24.5 Å². The van der Waals surface area contributed by atoms with Crippen molar-refractivity contribution in [3.8, 4) is 0 Å². The molecule has 1 atom stereocenters. The van der Waals surface area contributed by atoms with Crippen molar-refractivity contribution in [2.24, 2.45) is 5.92 Å². The summed E-state index contributed by atoms with van der Waals surface area (Å²) in [6.45, 7) is 7.47. The van der Waals surface area contributed by atoms with Gasteiger partial charge < -0.3 is 19.7 Å². The first kappa shape index (κ1) is 32.0. The summed E-state index contributed by atoms with van der Waals surface area (Å²) in [4.78, 5) is 24.3. The molecule has 2 aliphatic heterocycles. The van der Waals surface area contributed by atoms with Gasteiger partial charge in [-0.25, -0.2) is 9.59 Å². The zero-order chi connectivity index (χ0) is 29.3. The predicted octanol–water partition coefficient (Wildman–Crippen LogP) is 4.46. The SMILES string of the molecule is Cc1ccc(CN2CC3(C2)OCCC3COCc2ccncc2)cc1.O=C(O)C(F)(F)F.O=C(O)C(F)(F)F. The first-order chi connectivity index (χ1) is 18.1. The second-order valence-corrected chi connectivity index (χ2v) is 9.01. The molecule has 1 unspecified atom stereocenters. The van der Waals surface area contributed by atoms with E-state index < -0.39 is 24.3 Å². The lowest BCUT2D eigenvalue weighted by Gasteiger charge is -2.50. The minimum absolute atomic E-state index is 0.0168. The number of halogens is 6. The van der Waals surface area contributed by atoms with Crippen LogP contribution in [-0.4, -0.2) is 76.3 Å². The second kappa shape index (κ2) is 13.7. The number of alkyl halides is 6. The Morgan fingerprint density at radius 2 is 1.49 bits per heavy atom. The number of ether oxygens (including phenoxy) is 2. The zero-order valence-corrected chi connectivity index (χ0v) is 20.8. The fourth-order valence-corrected chi connectivity index (χ4v) is 3.94. The molecule has 1 aromatic heterocycles. The van der Waals surface area contributed by atoms with Gasteiger partial charge in [-0.3, -0.25) is 9.88 Å². The fourth-order valence-electron chi connectivity index (χ4n) is 3.94. The number of aryl methyl sites for hydroxylation is 1. The van der Waals surface area contributed by atoms with Gasteiger partial charge in [0.25, 0.3) is 0 Å². The molecular weight excluding hydrogens is 538 g/mol. The summed E-state index contributed by atoms with van der Waals surface area (Å²) in [5, 5.41) is 14.2. The van der Waals surface area contributed by atoms with Crippen LogP contribution in [-0.2, 0) is 32.2 Å². The molecule has 3 heterocycles. The largest absolute Gasteiger partial charge is 0.490 e. The maximum absolute atomic E-state index is 10.6. The van der Waals surface area contributed by atoms with Crippen LogP contribution in [0.3, 0.4) is 0 Å². The highest BCUT2D eigenvalue weighted by atomic mass is 19.4. The minimum atomic E-state index is -5.08. The molecule has 2 N–H and O–H groups in total. The van der Waals surface area contributed by atoms with E-state index in [2.05, 4.69) is 41.1 Å². The summed E-state index contributed by atoms with van der Waals surface area (Å²) in [6.07, 6.45) is -5.43. The highest BCUT2D eigenvalue weighted by Gasteiger charge is 2.52. The number of pyridine rings is 1. The van der Waals surface area contributed by atoms with E-state index >= 15 is 0 Å².